The van der Waals surface area contributed by atoms with Gasteiger partial charge in [0.2, 0.25) is 0 Å². The van der Waals surface area contributed by atoms with Crippen molar-refractivity contribution in [2.24, 2.45) is 40.4 Å². The van der Waals surface area contributed by atoms with E-state index in [1.807, 2.05) is 6.08 Å². The van der Waals surface area contributed by atoms with Gasteiger partial charge in [-0.2, -0.15) is 0 Å². The van der Waals surface area contributed by atoms with Crippen molar-refractivity contribution in [3.8, 4) is 0 Å². The summed E-state index contributed by atoms with van der Waals surface area (Å²) in [6.45, 7) is 8.02. The molecule has 9 N–H and O–H groups in total. The van der Waals surface area contributed by atoms with Crippen LogP contribution < -0.4 is 0 Å². The second-order valence-electron chi connectivity index (χ2n) is 20.1. The number of fused-ring (bicyclic) bond motifs is 7. The van der Waals surface area contributed by atoms with Gasteiger partial charge in [-0.3, -0.25) is 0 Å². The molecule has 0 aromatic carbocycles. The van der Waals surface area contributed by atoms with Gasteiger partial charge >= 0.3 is 0 Å². The van der Waals surface area contributed by atoms with E-state index < -0.39 is 117 Å². The summed E-state index contributed by atoms with van der Waals surface area (Å²) in [5.74, 6) is 0.827. The molecule has 25 unspecified atom stereocenters. The quantitative estimate of drug-likeness (QED) is 0.141. The molecule has 60 heavy (non-hydrogen) atoms. The summed E-state index contributed by atoms with van der Waals surface area (Å²) in [6.07, 6.45) is -11.4. The zero-order chi connectivity index (χ0) is 42.6. The summed E-state index contributed by atoms with van der Waals surface area (Å²) < 4.78 is 49.5. The Hall–Kier alpha value is -0.940. The zero-order valence-corrected chi connectivity index (χ0v) is 35.1. The first-order chi connectivity index (χ1) is 28.5. The molecule has 0 radical (unpaired) electrons. The van der Waals surface area contributed by atoms with Crippen molar-refractivity contribution in [3.05, 3.63) is 11.6 Å². The first kappa shape index (κ1) is 44.3. The van der Waals surface area contributed by atoms with Gasteiger partial charge in [-0.25, -0.2) is 0 Å². The van der Waals surface area contributed by atoms with Crippen LogP contribution in [-0.4, -0.2) is 176 Å². The Morgan fingerprint density at radius 1 is 0.700 bits per heavy atom. The van der Waals surface area contributed by atoms with Crippen LogP contribution in [0.2, 0.25) is 0 Å². The average Bonchev–Trinajstić information content (AvgIpc) is 3.78. The maximum absolute atomic E-state index is 12.1. The summed E-state index contributed by atoms with van der Waals surface area (Å²) in [5, 5.41) is 96.9. The lowest BCUT2D eigenvalue weighted by Crippen LogP contribution is -2.65. The third kappa shape index (κ3) is 7.00. The summed E-state index contributed by atoms with van der Waals surface area (Å²) >= 11 is 0. The predicted molar refractivity (Wildman–Crippen MR) is 205 cm³/mol. The number of aliphatic hydroxyl groups is 9. The van der Waals surface area contributed by atoms with Gasteiger partial charge in [-0.15, -0.1) is 0 Å². The smallest absolute Gasteiger partial charge is 0.187 e. The molecule has 25 atom stereocenters. The average molecular weight is 857 g/mol. The topological polar surface area (TPSA) is 256 Å². The number of hydrogen-bond donors (Lipinski definition) is 9. The van der Waals surface area contributed by atoms with Crippen LogP contribution in [0.3, 0.4) is 0 Å². The highest BCUT2D eigenvalue weighted by molar-refractivity contribution is 5.29. The highest BCUT2D eigenvalue weighted by Gasteiger charge is 2.69. The molecular formula is C43H68O17. The Kier molecular flexibility index (Phi) is 12.2. The zero-order valence-electron chi connectivity index (χ0n) is 35.1. The molecule has 8 fully saturated rings. The van der Waals surface area contributed by atoms with Crippen LogP contribution in [0.15, 0.2) is 11.6 Å². The van der Waals surface area contributed by atoms with Crippen LogP contribution in [0, 0.1) is 40.4 Å². The fraction of sp³-hybridized carbons (Fsp3) is 0.953. The molecule has 4 aliphatic carbocycles. The second kappa shape index (κ2) is 16.5. The van der Waals surface area contributed by atoms with Gasteiger partial charge in [0.05, 0.1) is 44.2 Å². The minimum Gasteiger partial charge on any atom is -0.394 e. The Labute approximate surface area is 350 Å². The number of aliphatic hydroxyl groups excluding tert-OH is 9. The molecule has 17 nitrogen and oxygen atoms in total. The maximum atomic E-state index is 12.1. The van der Waals surface area contributed by atoms with Crippen LogP contribution in [0.5, 0.6) is 0 Å². The van der Waals surface area contributed by atoms with Crippen LogP contribution in [0.4, 0.5) is 0 Å². The molecule has 9 rings (SSSR count). The molecule has 5 heterocycles. The molecule has 9 aliphatic rings. The third-order valence-corrected chi connectivity index (χ3v) is 17.0. The minimum absolute atomic E-state index is 0.0292. The minimum atomic E-state index is -1.73. The van der Waals surface area contributed by atoms with E-state index in [-0.39, 0.29) is 34.7 Å². The standard InChI is InChI=1S/C43H68O17/c1-18-29-25(60-43(18)9-5-6-12-53-43)15-23-28-22(8-11-42(23,29)4)41(3)10-7-21(13-20(41)14-24(28)46)55-40-37(59-38-34(51)32(49)30(47)19(2)54-38)35(52)36(27(17-45)57-40)58-39-33(50)31(48)26(16-44)56-39/h14,18-19,21-40,44-52H,5-13,15-17H2,1-4H3. The second-order valence-corrected chi connectivity index (χ2v) is 20.1. The van der Waals surface area contributed by atoms with Crippen LogP contribution >= 0.6 is 0 Å². The lowest BCUT2D eigenvalue weighted by molar-refractivity contribution is -0.380. The van der Waals surface area contributed by atoms with Crippen LogP contribution in [-0.2, 0) is 37.9 Å². The van der Waals surface area contributed by atoms with Crippen molar-refractivity contribution < 1.29 is 83.9 Å². The lowest BCUT2D eigenvalue weighted by Gasteiger charge is -2.59. The molecular weight excluding hydrogens is 788 g/mol. The van der Waals surface area contributed by atoms with Crippen molar-refractivity contribution in [2.75, 3.05) is 19.8 Å². The summed E-state index contributed by atoms with van der Waals surface area (Å²) in [5.41, 5.74) is 0.940. The van der Waals surface area contributed by atoms with E-state index in [1.54, 1.807) is 0 Å². The molecule has 1 spiro atoms. The molecule has 0 aromatic rings. The molecule has 3 saturated carbocycles. The Morgan fingerprint density at radius 2 is 1.40 bits per heavy atom. The van der Waals surface area contributed by atoms with Crippen LogP contribution in [0.1, 0.15) is 85.5 Å². The largest absolute Gasteiger partial charge is 0.394 e. The van der Waals surface area contributed by atoms with E-state index in [0.717, 1.165) is 57.1 Å². The normalized spacial score (nSPS) is 57.7. The highest BCUT2D eigenvalue weighted by atomic mass is 16.8. The maximum Gasteiger partial charge on any atom is 0.187 e. The summed E-state index contributed by atoms with van der Waals surface area (Å²) in [4.78, 5) is 0. The van der Waals surface area contributed by atoms with Crippen molar-refractivity contribution >= 4 is 0 Å². The molecule has 5 saturated heterocycles. The van der Waals surface area contributed by atoms with Crippen molar-refractivity contribution in [3.63, 3.8) is 0 Å². The van der Waals surface area contributed by atoms with Crippen molar-refractivity contribution in [1.29, 1.82) is 0 Å². The van der Waals surface area contributed by atoms with Gasteiger partial charge in [0, 0.05) is 12.3 Å². The first-order valence-electron chi connectivity index (χ1n) is 22.5. The SMILES string of the molecule is CC1OC(OC2C(OC3CCC4(C)C(=CC(O)C5C4CCC4(C)C5CC5OC6(CCCCO6)C(C)C54)C3)OC(CO)C(OC3OC(CO)C(O)C3O)C2O)C(O)C(O)C1O. The summed E-state index contributed by atoms with van der Waals surface area (Å²) in [6, 6.07) is 0. The number of ether oxygens (including phenoxy) is 8. The van der Waals surface area contributed by atoms with Gasteiger partial charge in [-0.1, -0.05) is 32.4 Å². The molecule has 5 aliphatic heterocycles. The van der Waals surface area contributed by atoms with Gasteiger partial charge in [0.25, 0.3) is 0 Å². The highest BCUT2D eigenvalue weighted by Crippen LogP contribution is 2.70. The third-order valence-electron chi connectivity index (χ3n) is 17.0. The molecule has 0 aromatic heterocycles. The lowest BCUT2D eigenvalue weighted by atomic mass is 9.46. The Morgan fingerprint density at radius 3 is 2.10 bits per heavy atom. The fourth-order valence-electron chi connectivity index (χ4n) is 13.7. The Balaban J connectivity index is 0.933. The number of rotatable bonds is 8. The fourth-order valence-corrected chi connectivity index (χ4v) is 13.7. The van der Waals surface area contributed by atoms with E-state index in [9.17, 15) is 46.0 Å². The van der Waals surface area contributed by atoms with Crippen molar-refractivity contribution in [2.45, 2.75) is 196 Å². The molecule has 0 bridgehead atoms. The summed E-state index contributed by atoms with van der Waals surface area (Å²) in [7, 11) is 0. The van der Waals surface area contributed by atoms with E-state index in [4.69, 9.17) is 37.9 Å². The van der Waals surface area contributed by atoms with Gasteiger partial charge in [0.15, 0.2) is 24.7 Å². The predicted octanol–water partition coefficient (Wildman–Crippen LogP) is -0.422. The monoisotopic (exact) mass is 856 g/mol. The van der Waals surface area contributed by atoms with Gasteiger partial charge in [-0.05, 0) is 92.8 Å². The van der Waals surface area contributed by atoms with E-state index in [0.29, 0.717) is 24.7 Å². The van der Waals surface area contributed by atoms with Crippen LogP contribution in [0.25, 0.3) is 0 Å². The molecule has 342 valence electrons. The number of hydrogen-bond acceptors (Lipinski definition) is 17. The Bertz CT molecular complexity index is 1560. The molecule has 0 amide bonds. The van der Waals surface area contributed by atoms with Gasteiger partial charge < -0.3 is 83.9 Å². The van der Waals surface area contributed by atoms with E-state index in [2.05, 4.69) is 20.8 Å². The molecule has 17 heteroatoms. The van der Waals surface area contributed by atoms with Gasteiger partial charge in [0.1, 0.15) is 61.0 Å². The van der Waals surface area contributed by atoms with E-state index in [1.165, 1.54) is 6.92 Å². The van der Waals surface area contributed by atoms with Crippen molar-refractivity contribution in [1.82, 2.24) is 0 Å². The van der Waals surface area contributed by atoms with E-state index >= 15 is 0 Å². The first-order valence-corrected chi connectivity index (χ1v) is 22.5.